The van der Waals surface area contributed by atoms with Gasteiger partial charge in [0, 0.05) is 29.6 Å². The lowest BCUT2D eigenvalue weighted by Gasteiger charge is -2.12. The normalized spacial score (nSPS) is 11.3. The number of nitro groups is 1. The van der Waals surface area contributed by atoms with Gasteiger partial charge in [0.1, 0.15) is 0 Å². The van der Waals surface area contributed by atoms with Gasteiger partial charge in [-0.15, -0.1) is 24.2 Å². The molecule has 1 atom stereocenters. The maximum absolute atomic E-state index is 11.6. The van der Waals surface area contributed by atoms with Crippen LogP contribution in [0, 0.1) is 10.1 Å². The van der Waals surface area contributed by atoms with Gasteiger partial charge in [0.15, 0.2) is 0 Å². The van der Waals surface area contributed by atoms with Crippen molar-refractivity contribution in [3.63, 3.8) is 0 Å². The summed E-state index contributed by atoms with van der Waals surface area (Å²) in [5.41, 5.74) is 0.0540. The fraction of sp³-hybridized carbons (Fsp3) is 0.462. The van der Waals surface area contributed by atoms with Crippen LogP contribution < -0.4 is 10.6 Å². The Morgan fingerprint density at radius 1 is 1.38 bits per heavy atom. The average Bonchev–Trinajstić information content (AvgIpc) is 2.43. The molecule has 0 aliphatic rings. The van der Waals surface area contributed by atoms with Gasteiger partial charge in [-0.05, 0) is 25.6 Å². The van der Waals surface area contributed by atoms with Gasteiger partial charge in [-0.1, -0.05) is 6.92 Å². The number of carbonyl (C=O) groups is 1. The fourth-order valence-electron chi connectivity index (χ4n) is 1.55. The zero-order chi connectivity index (χ0) is 15.0. The molecule has 0 aromatic heterocycles. The average molecular weight is 334 g/mol. The van der Waals surface area contributed by atoms with Crippen molar-refractivity contribution in [1.29, 1.82) is 0 Å². The van der Waals surface area contributed by atoms with Crippen molar-refractivity contribution in [1.82, 2.24) is 10.6 Å². The molecule has 0 radical (unpaired) electrons. The fourth-order valence-corrected chi connectivity index (χ4v) is 2.28. The van der Waals surface area contributed by atoms with Crippen molar-refractivity contribution < 1.29 is 9.72 Å². The topological polar surface area (TPSA) is 84.3 Å². The number of non-ortho nitro benzene ring substituents is 1. The highest BCUT2D eigenvalue weighted by Gasteiger charge is 2.07. The summed E-state index contributed by atoms with van der Waals surface area (Å²) in [7, 11) is 0. The second-order valence-corrected chi connectivity index (χ2v) is 5.35. The summed E-state index contributed by atoms with van der Waals surface area (Å²) < 4.78 is 0. The van der Waals surface area contributed by atoms with E-state index < -0.39 is 4.92 Å². The Hall–Kier alpha value is -1.31. The summed E-state index contributed by atoms with van der Waals surface area (Å²) in [6.45, 7) is 5.48. The number of likely N-dealkylation sites (N-methyl/N-ethyl adjacent to an activating group) is 1. The Balaban J connectivity index is 0.00000400. The van der Waals surface area contributed by atoms with E-state index in [1.165, 1.54) is 23.9 Å². The second kappa shape index (κ2) is 10.4. The van der Waals surface area contributed by atoms with E-state index >= 15 is 0 Å². The van der Waals surface area contributed by atoms with Crippen LogP contribution in [0.5, 0.6) is 0 Å². The van der Waals surface area contributed by atoms with Crippen LogP contribution in [0.3, 0.4) is 0 Å². The van der Waals surface area contributed by atoms with E-state index in [-0.39, 0.29) is 30.0 Å². The third-order valence-corrected chi connectivity index (χ3v) is 3.59. The number of rotatable bonds is 8. The number of halogens is 1. The maximum Gasteiger partial charge on any atom is 0.269 e. The molecule has 0 aliphatic heterocycles. The van der Waals surface area contributed by atoms with Crippen molar-refractivity contribution in [2.75, 3.05) is 18.8 Å². The number of nitrogens with one attached hydrogen (secondary N) is 2. The molecule has 0 aliphatic carbocycles. The number of benzene rings is 1. The lowest BCUT2D eigenvalue weighted by molar-refractivity contribution is -0.384. The minimum atomic E-state index is -0.441. The number of hydrogen-bond donors (Lipinski definition) is 2. The number of carbonyl (C=O) groups excluding carboxylic acids is 1. The van der Waals surface area contributed by atoms with Crippen LogP contribution in [0.1, 0.15) is 13.8 Å². The zero-order valence-corrected chi connectivity index (χ0v) is 13.6. The first-order valence-electron chi connectivity index (χ1n) is 6.40. The predicted molar refractivity (Wildman–Crippen MR) is 87.2 cm³/mol. The smallest absolute Gasteiger partial charge is 0.269 e. The van der Waals surface area contributed by atoms with Gasteiger partial charge in [0.05, 0.1) is 10.7 Å². The molecule has 2 N–H and O–H groups in total. The molecule has 1 rings (SSSR count). The Labute approximate surface area is 134 Å². The Bertz CT molecular complexity index is 456. The first-order chi connectivity index (χ1) is 9.52. The van der Waals surface area contributed by atoms with E-state index in [4.69, 9.17) is 0 Å². The van der Waals surface area contributed by atoms with Crippen molar-refractivity contribution in [2.45, 2.75) is 24.8 Å². The molecule has 0 unspecified atom stereocenters. The third-order valence-electron chi connectivity index (χ3n) is 2.58. The first-order valence-corrected chi connectivity index (χ1v) is 7.38. The predicted octanol–water partition coefficient (Wildman–Crippen LogP) is 2.22. The number of thioether (sulfide) groups is 1. The molecule has 1 aromatic carbocycles. The summed E-state index contributed by atoms with van der Waals surface area (Å²) >= 11 is 1.36. The largest absolute Gasteiger partial charge is 0.354 e. The van der Waals surface area contributed by atoms with Crippen molar-refractivity contribution >= 4 is 35.8 Å². The lowest BCUT2D eigenvalue weighted by atomic mass is 10.3. The number of nitrogens with zero attached hydrogens (tertiary/aromatic N) is 1. The van der Waals surface area contributed by atoms with E-state index in [9.17, 15) is 14.9 Å². The summed E-state index contributed by atoms with van der Waals surface area (Å²) in [5.74, 6) is 0.259. The van der Waals surface area contributed by atoms with E-state index in [0.29, 0.717) is 12.3 Å². The van der Waals surface area contributed by atoms with Gasteiger partial charge in [-0.3, -0.25) is 14.9 Å². The van der Waals surface area contributed by atoms with Crippen molar-refractivity contribution in [2.24, 2.45) is 0 Å². The molecule has 6 nitrogen and oxygen atoms in total. The highest BCUT2D eigenvalue weighted by molar-refractivity contribution is 8.00. The minimum Gasteiger partial charge on any atom is -0.354 e. The van der Waals surface area contributed by atoms with Crippen LogP contribution in [0.2, 0.25) is 0 Å². The summed E-state index contributed by atoms with van der Waals surface area (Å²) in [4.78, 5) is 22.5. The number of nitro benzene ring substituents is 1. The van der Waals surface area contributed by atoms with E-state index in [1.54, 1.807) is 12.1 Å². The van der Waals surface area contributed by atoms with Crippen LogP contribution in [-0.2, 0) is 4.79 Å². The standard InChI is InChI=1S/C13H19N3O3S.ClH/c1-3-14-10(2)8-15-13(17)9-20-12-6-4-11(5-7-12)16(18)19;/h4-7,10,14H,3,8-9H2,1-2H3,(H,15,17);1H/t10-;/m1./s1. The molecule has 0 bridgehead atoms. The van der Waals surface area contributed by atoms with Crippen molar-refractivity contribution in [3.8, 4) is 0 Å². The van der Waals surface area contributed by atoms with Gasteiger partial charge >= 0.3 is 0 Å². The third kappa shape index (κ3) is 7.89. The van der Waals surface area contributed by atoms with Crippen LogP contribution in [0.15, 0.2) is 29.2 Å². The molecule has 118 valence electrons. The minimum absolute atomic E-state index is 0. The van der Waals surface area contributed by atoms with Gasteiger partial charge in [0.25, 0.3) is 5.69 Å². The molecule has 1 aromatic rings. The van der Waals surface area contributed by atoms with Crippen molar-refractivity contribution in [3.05, 3.63) is 34.4 Å². The maximum atomic E-state index is 11.6. The van der Waals surface area contributed by atoms with Crippen LogP contribution in [-0.4, -0.2) is 35.7 Å². The quantitative estimate of drug-likeness (QED) is 0.433. The summed E-state index contributed by atoms with van der Waals surface area (Å²) in [6, 6.07) is 6.42. The Morgan fingerprint density at radius 3 is 2.52 bits per heavy atom. The number of hydrogen-bond acceptors (Lipinski definition) is 5. The summed E-state index contributed by atoms with van der Waals surface area (Å²) in [5, 5.41) is 16.6. The molecule has 1 amide bonds. The first kappa shape index (κ1) is 19.7. The molecular weight excluding hydrogens is 314 g/mol. The van der Waals surface area contributed by atoms with Gasteiger partial charge < -0.3 is 10.6 Å². The SMILES string of the molecule is CCN[C@H](C)CNC(=O)CSc1ccc([N+](=O)[O-])cc1.Cl. The van der Waals surface area contributed by atoms with Crippen LogP contribution >= 0.6 is 24.2 Å². The van der Waals surface area contributed by atoms with E-state index in [0.717, 1.165) is 11.4 Å². The highest BCUT2D eigenvalue weighted by Crippen LogP contribution is 2.20. The molecule has 0 fully saturated rings. The molecule has 0 spiro atoms. The van der Waals surface area contributed by atoms with E-state index in [1.807, 2.05) is 13.8 Å². The monoisotopic (exact) mass is 333 g/mol. The van der Waals surface area contributed by atoms with Gasteiger partial charge in [-0.2, -0.15) is 0 Å². The zero-order valence-electron chi connectivity index (χ0n) is 12.0. The Kier molecular flexibility index (Phi) is 9.77. The van der Waals surface area contributed by atoms with E-state index in [2.05, 4.69) is 10.6 Å². The molecule has 8 heteroatoms. The Morgan fingerprint density at radius 2 is 2.00 bits per heavy atom. The lowest BCUT2D eigenvalue weighted by Crippen LogP contribution is -2.39. The van der Waals surface area contributed by atoms with Crippen LogP contribution in [0.25, 0.3) is 0 Å². The van der Waals surface area contributed by atoms with Gasteiger partial charge in [-0.25, -0.2) is 0 Å². The molecule has 0 heterocycles. The second-order valence-electron chi connectivity index (χ2n) is 4.30. The summed E-state index contributed by atoms with van der Waals surface area (Å²) in [6.07, 6.45) is 0. The molecule has 0 saturated heterocycles. The molecule has 0 saturated carbocycles. The van der Waals surface area contributed by atoms with Gasteiger partial charge in [0.2, 0.25) is 5.91 Å². The van der Waals surface area contributed by atoms with Crippen LogP contribution in [0.4, 0.5) is 5.69 Å². The highest BCUT2D eigenvalue weighted by atomic mass is 35.5. The number of amides is 1. The molecular formula is C13H20ClN3O3S. The molecule has 21 heavy (non-hydrogen) atoms.